The largest absolute Gasteiger partial charge is 0.462 e. The van der Waals surface area contributed by atoms with Crippen LogP contribution in [-0.2, 0) is 9.53 Å². The summed E-state index contributed by atoms with van der Waals surface area (Å²) >= 11 is 1.29. The summed E-state index contributed by atoms with van der Waals surface area (Å²) in [6.07, 6.45) is 3.06. The number of hydrogen-bond donors (Lipinski definition) is 1. The fraction of sp³-hybridized carbons (Fsp3) is 0.467. The third-order valence-electron chi connectivity index (χ3n) is 4.02. The zero-order valence-electron chi connectivity index (χ0n) is 13.0. The summed E-state index contributed by atoms with van der Waals surface area (Å²) in [6, 6.07) is -0.363. The zero-order chi connectivity index (χ0) is 16.6. The highest BCUT2D eigenvalue weighted by Gasteiger charge is 2.32. The molecule has 1 atom stereocenters. The molecule has 7 nitrogen and oxygen atoms in total. The van der Waals surface area contributed by atoms with E-state index in [4.69, 9.17) is 10.5 Å². The number of thiophene rings is 1. The number of nitrogens with two attached hydrogens (primary N) is 1. The van der Waals surface area contributed by atoms with Crippen molar-refractivity contribution in [3.63, 3.8) is 0 Å². The Kier molecular flexibility index (Phi) is 4.16. The van der Waals surface area contributed by atoms with Gasteiger partial charge in [-0.25, -0.2) is 14.8 Å². The van der Waals surface area contributed by atoms with Gasteiger partial charge >= 0.3 is 5.97 Å². The maximum Gasteiger partial charge on any atom is 0.348 e. The summed E-state index contributed by atoms with van der Waals surface area (Å²) in [5, 5.41) is 0.800. The average Bonchev–Trinajstić information content (AvgIpc) is 3.12. The van der Waals surface area contributed by atoms with E-state index in [1.54, 1.807) is 6.92 Å². The fourth-order valence-corrected chi connectivity index (χ4v) is 4.02. The number of rotatable bonds is 4. The first kappa shape index (κ1) is 15.7. The average molecular weight is 334 g/mol. The lowest BCUT2D eigenvalue weighted by molar-refractivity contribution is -0.119. The fourth-order valence-electron chi connectivity index (χ4n) is 2.98. The summed E-state index contributed by atoms with van der Waals surface area (Å²) in [4.78, 5) is 35.5. The first-order chi connectivity index (χ1) is 11.0. The van der Waals surface area contributed by atoms with E-state index in [-0.39, 0.29) is 17.9 Å². The van der Waals surface area contributed by atoms with Crippen molar-refractivity contribution >= 4 is 39.2 Å². The molecule has 2 aromatic rings. The Bertz CT molecular complexity index is 773. The van der Waals surface area contributed by atoms with Crippen molar-refractivity contribution in [1.82, 2.24) is 9.97 Å². The Labute approximate surface area is 137 Å². The first-order valence-corrected chi connectivity index (χ1v) is 8.33. The second kappa shape index (κ2) is 6.11. The topological polar surface area (TPSA) is 98.4 Å². The number of fused-ring (bicyclic) bond motifs is 1. The molecule has 2 aromatic heterocycles. The van der Waals surface area contributed by atoms with Crippen molar-refractivity contribution in [2.75, 3.05) is 18.1 Å². The molecule has 23 heavy (non-hydrogen) atoms. The molecule has 1 fully saturated rings. The number of amides is 1. The molecule has 3 heterocycles. The SMILES string of the molecule is CCOC(=O)c1sc2ncnc(N3CCCC3C(N)=O)c2c1C. The molecule has 0 saturated carbocycles. The number of carbonyl (C=O) groups excluding carboxylic acids is 2. The Morgan fingerprint density at radius 2 is 2.26 bits per heavy atom. The molecule has 0 radical (unpaired) electrons. The maximum atomic E-state index is 12.1. The van der Waals surface area contributed by atoms with Gasteiger partial charge in [0.05, 0.1) is 12.0 Å². The van der Waals surface area contributed by atoms with Crippen LogP contribution in [0.2, 0.25) is 0 Å². The molecule has 0 aromatic carbocycles. The predicted octanol–water partition coefficient (Wildman–Crippen LogP) is 1.63. The van der Waals surface area contributed by atoms with E-state index in [0.29, 0.717) is 28.7 Å². The first-order valence-electron chi connectivity index (χ1n) is 7.51. The minimum atomic E-state index is -0.363. The second-order valence-electron chi connectivity index (χ2n) is 5.41. The molecule has 1 aliphatic rings. The van der Waals surface area contributed by atoms with Gasteiger partial charge in [0.25, 0.3) is 0 Å². The molecule has 2 N–H and O–H groups in total. The molecule has 1 saturated heterocycles. The van der Waals surface area contributed by atoms with E-state index in [0.717, 1.165) is 23.8 Å². The van der Waals surface area contributed by atoms with Gasteiger partial charge in [-0.3, -0.25) is 4.79 Å². The van der Waals surface area contributed by atoms with Crippen LogP contribution in [0.4, 0.5) is 5.82 Å². The van der Waals surface area contributed by atoms with Crippen molar-refractivity contribution in [2.24, 2.45) is 5.73 Å². The highest BCUT2D eigenvalue weighted by atomic mass is 32.1. The number of anilines is 1. The van der Waals surface area contributed by atoms with Crippen LogP contribution in [0.25, 0.3) is 10.2 Å². The monoisotopic (exact) mass is 334 g/mol. The Morgan fingerprint density at radius 1 is 1.48 bits per heavy atom. The van der Waals surface area contributed by atoms with Gasteiger partial charge in [0, 0.05) is 6.54 Å². The third-order valence-corrected chi connectivity index (χ3v) is 5.20. The van der Waals surface area contributed by atoms with Gasteiger partial charge in [0.1, 0.15) is 27.9 Å². The number of hydrogen-bond acceptors (Lipinski definition) is 7. The summed E-state index contributed by atoms with van der Waals surface area (Å²) in [5.41, 5.74) is 6.29. The lowest BCUT2D eigenvalue weighted by Gasteiger charge is -2.23. The second-order valence-corrected chi connectivity index (χ2v) is 6.41. The summed E-state index contributed by atoms with van der Waals surface area (Å²) in [7, 11) is 0. The van der Waals surface area contributed by atoms with Crippen LogP contribution >= 0.6 is 11.3 Å². The number of ether oxygens (including phenoxy) is 1. The molecule has 0 aliphatic carbocycles. The van der Waals surface area contributed by atoms with Crippen molar-refractivity contribution in [3.05, 3.63) is 16.8 Å². The summed E-state index contributed by atoms with van der Waals surface area (Å²) < 4.78 is 5.10. The minimum absolute atomic E-state index is 0.320. The number of aryl methyl sites for hydroxylation is 1. The van der Waals surface area contributed by atoms with Gasteiger partial charge < -0.3 is 15.4 Å². The van der Waals surface area contributed by atoms with Gasteiger partial charge in [-0.15, -0.1) is 11.3 Å². The molecular weight excluding hydrogens is 316 g/mol. The van der Waals surface area contributed by atoms with Gasteiger partial charge in [0.2, 0.25) is 5.91 Å². The van der Waals surface area contributed by atoms with Crippen LogP contribution in [0.3, 0.4) is 0 Å². The zero-order valence-corrected chi connectivity index (χ0v) is 13.9. The Hall–Kier alpha value is -2.22. The number of aromatic nitrogens is 2. The smallest absolute Gasteiger partial charge is 0.348 e. The maximum absolute atomic E-state index is 12.1. The number of carbonyl (C=O) groups is 2. The standard InChI is InChI=1S/C15H18N4O3S/c1-3-22-15(21)11-8(2)10-13(17-7-18-14(10)23-11)19-6-4-5-9(19)12(16)20/h7,9H,3-6H2,1-2H3,(H2,16,20). The van der Waals surface area contributed by atoms with Crippen molar-refractivity contribution in [2.45, 2.75) is 32.7 Å². The van der Waals surface area contributed by atoms with Crippen LogP contribution in [0.5, 0.6) is 0 Å². The van der Waals surface area contributed by atoms with E-state index in [1.165, 1.54) is 17.7 Å². The van der Waals surface area contributed by atoms with Crippen LogP contribution in [-0.4, -0.2) is 41.0 Å². The summed E-state index contributed by atoms with van der Waals surface area (Å²) in [5.74, 6) is -0.0415. The van der Waals surface area contributed by atoms with Crippen LogP contribution in [0.1, 0.15) is 35.0 Å². The quantitative estimate of drug-likeness (QED) is 0.853. The lowest BCUT2D eigenvalue weighted by Crippen LogP contribution is -2.40. The van der Waals surface area contributed by atoms with E-state index in [2.05, 4.69) is 9.97 Å². The summed E-state index contributed by atoms with van der Waals surface area (Å²) in [6.45, 7) is 4.66. The van der Waals surface area contributed by atoms with Crippen LogP contribution in [0.15, 0.2) is 6.33 Å². The van der Waals surface area contributed by atoms with Gasteiger partial charge in [-0.05, 0) is 32.3 Å². The minimum Gasteiger partial charge on any atom is -0.462 e. The molecule has 1 amide bonds. The molecule has 122 valence electrons. The highest BCUT2D eigenvalue weighted by Crippen LogP contribution is 2.37. The van der Waals surface area contributed by atoms with Crippen molar-refractivity contribution in [1.29, 1.82) is 0 Å². The van der Waals surface area contributed by atoms with Crippen LogP contribution < -0.4 is 10.6 Å². The molecule has 8 heteroatoms. The molecule has 0 bridgehead atoms. The number of nitrogens with zero attached hydrogens (tertiary/aromatic N) is 3. The van der Waals surface area contributed by atoms with E-state index < -0.39 is 0 Å². The molecule has 1 aliphatic heterocycles. The Morgan fingerprint density at radius 3 is 2.96 bits per heavy atom. The predicted molar refractivity (Wildman–Crippen MR) is 87.7 cm³/mol. The van der Waals surface area contributed by atoms with E-state index in [9.17, 15) is 9.59 Å². The lowest BCUT2D eigenvalue weighted by atomic mass is 10.1. The van der Waals surface area contributed by atoms with Gasteiger partial charge in [0.15, 0.2) is 0 Å². The molecule has 0 spiro atoms. The number of esters is 1. The normalized spacial score (nSPS) is 17.7. The molecular formula is C15H18N4O3S. The van der Waals surface area contributed by atoms with E-state index in [1.807, 2.05) is 11.8 Å². The highest BCUT2D eigenvalue weighted by molar-refractivity contribution is 7.20. The van der Waals surface area contributed by atoms with Crippen molar-refractivity contribution < 1.29 is 14.3 Å². The third kappa shape index (κ3) is 2.63. The molecule has 3 rings (SSSR count). The van der Waals surface area contributed by atoms with Gasteiger partial charge in [-0.1, -0.05) is 0 Å². The van der Waals surface area contributed by atoms with Crippen molar-refractivity contribution in [3.8, 4) is 0 Å². The van der Waals surface area contributed by atoms with Crippen LogP contribution in [0, 0.1) is 6.92 Å². The van der Waals surface area contributed by atoms with E-state index >= 15 is 0 Å². The molecule has 1 unspecified atom stereocenters. The Balaban J connectivity index is 2.12. The number of primary amides is 1. The van der Waals surface area contributed by atoms with Gasteiger partial charge in [-0.2, -0.15) is 0 Å².